The molecule has 0 radical (unpaired) electrons. The zero-order valence-electron chi connectivity index (χ0n) is 8.64. The second-order valence-electron chi connectivity index (χ2n) is 3.70. The quantitative estimate of drug-likeness (QED) is 0.670. The number of ether oxygens (including phenoxy) is 1. The smallest absolute Gasteiger partial charge is 0.216 e. The molecule has 2 rings (SSSR count). The monoisotopic (exact) mass is 230 g/mol. The van der Waals surface area contributed by atoms with Gasteiger partial charge in [0.25, 0.3) is 0 Å². The lowest BCUT2D eigenvalue weighted by Gasteiger charge is -2.25. The summed E-state index contributed by atoms with van der Waals surface area (Å²) < 4.78 is 28.4. The number of rotatable bonds is 2. The fourth-order valence-corrected chi connectivity index (χ4v) is 2.93. The summed E-state index contributed by atoms with van der Waals surface area (Å²) in [5.74, 6) is 0. The fourth-order valence-electron chi connectivity index (χ4n) is 1.66. The molecule has 0 unspecified atom stereocenters. The normalized spacial score (nSPS) is 26.2. The zero-order valence-corrected chi connectivity index (χ0v) is 9.46. The Morgan fingerprint density at radius 3 is 2.67 bits per heavy atom. The van der Waals surface area contributed by atoms with Crippen molar-refractivity contribution < 1.29 is 13.2 Å². The van der Waals surface area contributed by atoms with Crippen LogP contribution in [0.15, 0.2) is 16.1 Å². The molecule has 0 aliphatic carbocycles. The molecule has 2 heterocycles. The third-order valence-electron chi connectivity index (χ3n) is 2.42. The predicted molar refractivity (Wildman–Crippen MR) is 57.4 cm³/mol. The zero-order chi connectivity index (χ0) is 10.9. The highest BCUT2D eigenvalue weighted by Gasteiger charge is 2.25. The molecule has 0 aromatic heterocycles. The maximum Gasteiger partial charge on any atom is 0.216 e. The van der Waals surface area contributed by atoms with Gasteiger partial charge in [0.2, 0.25) is 9.84 Å². The van der Waals surface area contributed by atoms with E-state index in [4.69, 9.17) is 4.74 Å². The average Bonchev–Trinajstić information content (AvgIpc) is 2.41. The minimum Gasteiger partial charge on any atom is -0.379 e. The van der Waals surface area contributed by atoms with Crippen molar-refractivity contribution in [2.24, 2.45) is 4.99 Å². The maximum atomic E-state index is 11.6. The molecule has 0 spiro atoms. The van der Waals surface area contributed by atoms with Crippen LogP contribution in [0.2, 0.25) is 0 Å². The van der Waals surface area contributed by atoms with Crippen molar-refractivity contribution in [2.45, 2.75) is 6.92 Å². The van der Waals surface area contributed by atoms with Crippen LogP contribution in [0.3, 0.4) is 0 Å². The van der Waals surface area contributed by atoms with E-state index in [0.29, 0.717) is 25.5 Å². The van der Waals surface area contributed by atoms with E-state index in [1.54, 1.807) is 6.92 Å². The van der Waals surface area contributed by atoms with Gasteiger partial charge in [-0.2, -0.15) is 0 Å². The van der Waals surface area contributed by atoms with E-state index < -0.39 is 9.84 Å². The fraction of sp³-hybridized carbons (Fsp3) is 0.667. The summed E-state index contributed by atoms with van der Waals surface area (Å²) >= 11 is 0. The molecule has 1 fully saturated rings. The largest absolute Gasteiger partial charge is 0.379 e. The highest BCUT2D eigenvalue weighted by Crippen LogP contribution is 2.15. The number of nitrogens with zero attached hydrogens (tertiary/aromatic N) is 2. The molecule has 0 saturated carbocycles. The van der Waals surface area contributed by atoms with Gasteiger partial charge in [-0.3, -0.25) is 4.90 Å². The second-order valence-corrected chi connectivity index (χ2v) is 5.50. The highest BCUT2D eigenvalue weighted by atomic mass is 32.2. The molecular formula is C9H14N2O3S. The van der Waals surface area contributed by atoms with Gasteiger partial charge in [0.05, 0.1) is 30.9 Å². The molecule has 15 heavy (non-hydrogen) atoms. The summed E-state index contributed by atoms with van der Waals surface area (Å²) in [6.07, 6.45) is 0. The number of hydrogen-bond donors (Lipinski definition) is 0. The van der Waals surface area contributed by atoms with Crippen molar-refractivity contribution in [3.63, 3.8) is 0 Å². The summed E-state index contributed by atoms with van der Waals surface area (Å²) in [6, 6.07) is 0. The Balaban J connectivity index is 2.04. The lowest BCUT2D eigenvalue weighted by atomic mass is 10.4. The van der Waals surface area contributed by atoms with E-state index in [9.17, 15) is 8.42 Å². The summed E-state index contributed by atoms with van der Waals surface area (Å²) in [5.41, 5.74) is 0.568. The maximum absolute atomic E-state index is 11.6. The summed E-state index contributed by atoms with van der Waals surface area (Å²) in [6.45, 7) is 4.98. The third kappa shape index (κ3) is 2.45. The predicted octanol–water partition coefficient (Wildman–Crippen LogP) is 0.00680. The lowest BCUT2D eigenvalue weighted by molar-refractivity contribution is 0.0455. The molecule has 84 valence electrons. The number of hydrogen-bond acceptors (Lipinski definition) is 5. The van der Waals surface area contributed by atoms with Crippen LogP contribution in [0.25, 0.3) is 0 Å². The Labute approximate surface area is 89.4 Å². The Hall–Kier alpha value is -0.720. The highest BCUT2D eigenvalue weighted by molar-refractivity contribution is 8.09. The van der Waals surface area contributed by atoms with Gasteiger partial charge in [-0.15, -0.1) is 0 Å². The van der Waals surface area contributed by atoms with Crippen LogP contribution in [0.5, 0.6) is 0 Å². The minimum atomic E-state index is -3.23. The van der Waals surface area contributed by atoms with Gasteiger partial charge in [-0.25, -0.2) is 13.4 Å². The van der Waals surface area contributed by atoms with Gasteiger partial charge < -0.3 is 4.74 Å². The van der Waals surface area contributed by atoms with Gasteiger partial charge in [0, 0.05) is 13.1 Å². The summed E-state index contributed by atoms with van der Waals surface area (Å²) in [5, 5.41) is 1.49. The van der Waals surface area contributed by atoms with E-state index >= 15 is 0 Å². The molecule has 0 aromatic rings. The van der Waals surface area contributed by atoms with E-state index in [1.165, 1.54) is 5.41 Å². The number of morpholine rings is 1. The molecule has 5 nitrogen and oxygen atoms in total. The van der Waals surface area contributed by atoms with Crippen molar-refractivity contribution in [3.05, 3.63) is 11.1 Å². The summed E-state index contributed by atoms with van der Waals surface area (Å²) in [7, 11) is -3.23. The van der Waals surface area contributed by atoms with Crippen molar-refractivity contribution in [1.29, 1.82) is 0 Å². The molecule has 6 heteroatoms. The van der Waals surface area contributed by atoms with E-state index in [1.807, 2.05) is 4.90 Å². The first-order valence-electron chi connectivity index (χ1n) is 4.89. The lowest BCUT2D eigenvalue weighted by Crippen LogP contribution is -2.40. The SMILES string of the molecule is CC1=CS(=O)(=O)C(CN2CCOCC2)=N1. The van der Waals surface area contributed by atoms with Gasteiger partial charge in [-0.05, 0) is 6.92 Å². The van der Waals surface area contributed by atoms with Crippen LogP contribution >= 0.6 is 0 Å². The number of allylic oxidation sites excluding steroid dienone is 1. The van der Waals surface area contributed by atoms with Crippen molar-refractivity contribution >= 4 is 14.9 Å². The van der Waals surface area contributed by atoms with Crippen LogP contribution in [-0.4, -0.2) is 51.2 Å². The number of sulfone groups is 1. The standard InChI is InChI=1S/C9H14N2O3S/c1-8-7-15(12,13)9(10-8)6-11-2-4-14-5-3-11/h7H,2-6H2,1H3. The van der Waals surface area contributed by atoms with Gasteiger partial charge in [-0.1, -0.05) is 0 Å². The van der Waals surface area contributed by atoms with Gasteiger partial charge in [0.15, 0.2) is 5.04 Å². The van der Waals surface area contributed by atoms with E-state index in [0.717, 1.165) is 13.1 Å². The molecular weight excluding hydrogens is 216 g/mol. The van der Waals surface area contributed by atoms with E-state index in [2.05, 4.69) is 4.99 Å². The molecule has 2 aliphatic rings. The first-order chi connectivity index (χ1) is 7.08. The van der Waals surface area contributed by atoms with Crippen molar-refractivity contribution in [3.8, 4) is 0 Å². The second kappa shape index (κ2) is 4.03. The average molecular weight is 230 g/mol. The molecule has 0 bridgehead atoms. The Bertz CT molecular complexity index is 405. The molecule has 2 aliphatic heterocycles. The van der Waals surface area contributed by atoms with Gasteiger partial charge >= 0.3 is 0 Å². The molecule has 0 amide bonds. The minimum absolute atomic E-state index is 0.266. The van der Waals surface area contributed by atoms with Crippen molar-refractivity contribution in [2.75, 3.05) is 32.8 Å². The summed E-state index contributed by atoms with van der Waals surface area (Å²) in [4.78, 5) is 6.09. The van der Waals surface area contributed by atoms with Gasteiger partial charge in [0.1, 0.15) is 0 Å². The Kier molecular flexibility index (Phi) is 2.90. The number of aliphatic imine (C=N–C) groups is 1. The Morgan fingerprint density at radius 1 is 1.47 bits per heavy atom. The van der Waals surface area contributed by atoms with Crippen LogP contribution in [-0.2, 0) is 14.6 Å². The molecule has 1 saturated heterocycles. The van der Waals surface area contributed by atoms with Crippen molar-refractivity contribution in [1.82, 2.24) is 4.90 Å². The van der Waals surface area contributed by atoms with Crippen LogP contribution in [0.4, 0.5) is 0 Å². The van der Waals surface area contributed by atoms with Crippen LogP contribution in [0.1, 0.15) is 6.92 Å². The van der Waals surface area contributed by atoms with Crippen LogP contribution < -0.4 is 0 Å². The first kappa shape index (κ1) is 10.8. The van der Waals surface area contributed by atoms with E-state index in [-0.39, 0.29) is 5.04 Å². The molecule has 0 atom stereocenters. The van der Waals surface area contributed by atoms with Crippen LogP contribution in [0, 0.1) is 0 Å². The third-order valence-corrected chi connectivity index (χ3v) is 3.95. The molecule has 0 N–H and O–H groups in total. The Morgan fingerprint density at radius 2 is 2.13 bits per heavy atom. The topological polar surface area (TPSA) is 59.0 Å². The molecule has 0 aromatic carbocycles. The first-order valence-corrected chi connectivity index (χ1v) is 6.43.